The van der Waals surface area contributed by atoms with Crippen molar-refractivity contribution >= 4 is 29.2 Å². The molecular weight excluding hydrogens is 268 g/mol. The SMILES string of the molecule is Nc1cc(C(=O)OCC(=O)NCC2CC2)ccc1Cl. The minimum Gasteiger partial charge on any atom is -0.452 e. The minimum absolute atomic E-state index is 0.275. The second kappa shape index (κ2) is 5.93. The molecule has 19 heavy (non-hydrogen) atoms. The van der Waals surface area contributed by atoms with Crippen LogP contribution >= 0.6 is 11.6 Å². The van der Waals surface area contributed by atoms with Gasteiger partial charge in [0.2, 0.25) is 0 Å². The maximum atomic E-state index is 11.7. The summed E-state index contributed by atoms with van der Waals surface area (Å²) in [6, 6.07) is 4.44. The number of benzene rings is 1. The van der Waals surface area contributed by atoms with Gasteiger partial charge in [-0.2, -0.15) is 0 Å². The first kappa shape index (κ1) is 13.7. The summed E-state index contributed by atoms with van der Waals surface area (Å²) < 4.78 is 4.89. The lowest BCUT2D eigenvalue weighted by molar-refractivity contribution is -0.124. The Labute approximate surface area is 116 Å². The maximum Gasteiger partial charge on any atom is 0.338 e. The molecular formula is C13H15ClN2O3. The average molecular weight is 283 g/mol. The Morgan fingerprint density at radius 2 is 2.16 bits per heavy atom. The van der Waals surface area contributed by atoms with Crippen molar-refractivity contribution in [3.05, 3.63) is 28.8 Å². The lowest BCUT2D eigenvalue weighted by Gasteiger charge is -2.06. The normalized spacial score (nSPS) is 13.9. The summed E-state index contributed by atoms with van der Waals surface area (Å²) in [5.41, 5.74) is 6.16. The van der Waals surface area contributed by atoms with Gasteiger partial charge in [0, 0.05) is 6.54 Å². The van der Waals surface area contributed by atoms with E-state index < -0.39 is 5.97 Å². The van der Waals surface area contributed by atoms with Gasteiger partial charge in [-0.05, 0) is 37.0 Å². The van der Waals surface area contributed by atoms with Crippen molar-refractivity contribution in [3.8, 4) is 0 Å². The Morgan fingerprint density at radius 3 is 2.79 bits per heavy atom. The highest BCUT2D eigenvalue weighted by Gasteiger charge is 2.21. The molecule has 0 bridgehead atoms. The van der Waals surface area contributed by atoms with Crippen molar-refractivity contribution in [3.63, 3.8) is 0 Å². The van der Waals surface area contributed by atoms with Crippen LogP contribution in [0.15, 0.2) is 18.2 Å². The minimum atomic E-state index is -0.593. The zero-order valence-corrected chi connectivity index (χ0v) is 11.1. The summed E-state index contributed by atoms with van der Waals surface area (Å²) in [5, 5.41) is 3.08. The fourth-order valence-corrected chi connectivity index (χ4v) is 1.63. The Balaban J connectivity index is 1.79. The number of ether oxygens (including phenoxy) is 1. The number of carbonyl (C=O) groups excluding carboxylic acids is 2. The summed E-state index contributed by atoms with van der Waals surface area (Å²) in [6.07, 6.45) is 2.31. The molecule has 0 atom stereocenters. The molecule has 5 nitrogen and oxygen atoms in total. The van der Waals surface area contributed by atoms with Gasteiger partial charge >= 0.3 is 5.97 Å². The van der Waals surface area contributed by atoms with E-state index in [0.717, 1.165) is 12.8 Å². The van der Waals surface area contributed by atoms with Crippen LogP contribution in [0.3, 0.4) is 0 Å². The van der Waals surface area contributed by atoms with Gasteiger partial charge in [0.1, 0.15) is 0 Å². The number of halogens is 1. The van der Waals surface area contributed by atoms with Crippen LogP contribution in [0.5, 0.6) is 0 Å². The number of amides is 1. The van der Waals surface area contributed by atoms with E-state index in [2.05, 4.69) is 5.32 Å². The third kappa shape index (κ3) is 4.13. The largest absolute Gasteiger partial charge is 0.452 e. The number of anilines is 1. The van der Waals surface area contributed by atoms with E-state index in [1.54, 1.807) is 0 Å². The van der Waals surface area contributed by atoms with Crippen LogP contribution in [0.4, 0.5) is 5.69 Å². The van der Waals surface area contributed by atoms with Gasteiger partial charge in [-0.1, -0.05) is 11.6 Å². The van der Waals surface area contributed by atoms with E-state index in [-0.39, 0.29) is 18.1 Å². The molecule has 0 heterocycles. The Morgan fingerprint density at radius 1 is 1.42 bits per heavy atom. The van der Waals surface area contributed by atoms with Crippen LogP contribution in [0.25, 0.3) is 0 Å². The van der Waals surface area contributed by atoms with Crippen LogP contribution in [0.2, 0.25) is 5.02 Å². The molecule has 2 rings (SSSR count). The number of nitrogens with two attached hydrogens (primary N) is 1. The number of hydrogen-bond donors (Lipinski definition) is 2. The number of esters is 1. The standard InChI is InChI=1S/C13H15ClN2O3/c14-10-4-3-9(5-11(10)15)13(18)19-7-12(17)16-6-8-1-2-8/h3-5,8H,1-2,6-7,15H2,(H,16,17). The fourth-order valence-electron chi connectivity index (χ4n) is 1.52. The molecule has 1 aromatic carbocycles. The number of carbonyl (C=O) groups is 2. The van der Waals surface area contributed by atoms with Gasteiger partial charge in [0.05, 0.1) is 16.3 Å². The van der Waals surface area contributed by atoms with E-state index in [9.17, 15) is 9.59 Å². The summed E-state index contributed by atoms with van der Waals surface area (Å²) >= 11 is 5.75. The van der Waals surface area contributed by atoms with Crippen LogP contribution in [-0.4, -0.2) is 25.0 Å². The molecule has 0 aliphatic heterocycles. The van der Waals surface area contributed by atoms with E-state index in [1.807, 2.05) is 0 Å². The Kier molecular flexibility index (Phi) is 4.27. The molecule has 0 spiro atoms. The van der Waals surface area contributed by atoms with Crippen molar-refractivity contribution in [2.45, 2.75) is 12.8 Å². The molecule has 1 aromatic rings. The van der Waals surface area contributed by atoms with Gasteiger partial charge < -0.3 is 15.8 Å². The molecule has 6 heteroatoms. The zero-order chi connectivity index (χ0) is 13.8. The molecule has 0 aromatic heterocycles. The van der Waals surface area contributed by atoms with Crippen molar-refractivity contribution < 1.29 is 14.3 Å². The van der Waals surface area contributed by atoms with Gasteiger partial charge in [0.15, 0.2) is 6.61 Å². The number of rotatable bonds is 5. The predicted molar refractivity (Wildman–Crippen MR) is 71.9 cm³/mol. The van der Waals surface area contributed by atoms with Crippen molar-refractivity contribution in [1.29, 1.82) is 0 Å². The van der Waals surface area contributed by atoms with Crippen molar-refractivity contribution in [2.24, 2.45) is 5.92 Å². The average Bonchev–Trinajstić information content (AvgIpc) is 3.20. The van der Waals surface area contributed by atoms with Crippen molar-refractivity contribution in [1.82, 2.24) is 5.32 Å². The molecule has 1 amide bonds. The van der Waals surface area contributed by atoms with E-state index in [1.165, 1.54) is 18.2 Å². The molecule has 0 radical (unpaired) electrons. The molecule has 1 aliphatic carbocycles. The number of nitrogens with one attached hydrogen (secondary N) is 1. The van der Waals surface area contributed by atoms with Crippen LogP contribution < -0.4 is 11.1 Å². The topological polar surface area (TPSA) is 81.4 Å². The van der Waals surface area contributed by atoms with Crippen LogP contribution in [0.1, 0.15) is 23.2 Å². The number of nitrogen functional groups attached to an aromatic ring is 1. The first-order valence-electron chi connectivity index (χ1n) is 6.05. The van der Waals surface area contributed by atoms with Gasteiger partial charge in [-0.15, -0.1) is 0 Å². The summed E-state index contributed by atoms with van der Waals surface area (Å²) in [5.74, 6) is -0.289. The lowest BCUT2D eigenvalue weighted by Crippen LogP contribution is -2.30. The number of hydrogen-bond acceptors (Lipinski definition) is 4. The third-order valence-corrected chi connectivity index (χ3v) is 3.20. The smallest absolute Gasteiger partial charge is 0.338 e. The molecule has 102 valence electrons. The summed E-state index contributed by atoms with van der Waals surface area (Å²) in [7, 11) is 0. The molecule has 1 fully saturated rings. The van der Waals surface area contributed by atoms with Gasteiger partial charge in [-0.25, -0.2) is 4.79 Å². The van der Waals surface area contributed by atoms with Crippen molar-refractivity contribution in [2.75, 3.05) is 18.9 Å². The Bertz CT molecular complexity index is 501. The second-order valence-electron chi connectivity index (χ2n) is 4.56. The highest BCUT2D eigenvalue weighted by Crippen LogP contribution is 2.27. The van der Waals surface area contributed by atoms with Crippen LogP contribution in [-0.2, 0) is 9.53 Å². The van der Waals surface area contributed by atoms with Crippen LogP contribution in [0, 0.1) is 5.92 Å². The molecule has 3 N–H and O–H groups in total. The van der Waals surface area contributed by atoms with E-state index in [0.29, 0.717) is 23.2 Å². The highest BCUT2D eigenvalue weighted by atomic mass is 35.5. The maximum absolute atomic E-state index is 11.7. The monoisotopic (exact) mass is 282 g/mol. The van der Waals surface area contributed by atoms with Gasteiger partial charge in [-0.3, -0.25) is 4.79 Å². The summed E-state index contributed by atoms with van der Waals surface area (Å²) in [6.45, 7) is 0.373. The second-order valence-corrected chi connectivity index (χ2v) is 4.97. The Hall–Kier alpha value is -1.75. The molecule has 1 aliphatic rings. The molecule has 1 saturated carbocycles. The van der Waals surface area contributed by atoms with Gasteiger partial charge in [0.25, 0.3) is 5.91 Å². The summed E-state index contributed by atoms with van der Waals surface area (Å²) in [4.78, 5) is 23.1. The zero-order valence-electron chi connectivity index (χ0n) is 10.3. The quantitative estimate of drug-likeness (QED) is 0.635. The fraction of sp³-hybridized carbons (Fsp3) is 0.385. The van der Waals surface area contributed by atoms with E-state index >= 15 is 0 Å². The lowest BCUT2D eigenvalue weighted by atomic mass is 10.2. The molecule has 0 saturated heterocycles. The first-order chi connectivity index (χ1) is 9.06. The third-order valence-electron chi connectivity index (χ3n) is 2.85. The van der Waals surface area contributed by atoms with E-state index in [4.69, 9.17) is 22.1 Å². The highest BCUT2D eigenvalue weighted by molar-refractivity contribution is 6.33. The molecule has 0 unspecified atom stereocenters. The first-order valence-corrected chi connectivity index (χ1v) is 6.43. The predicted octanol–water partition coefficient (Wildman–Crippen LogP) is 1.61.